The van der Waals surface area contributed by atoms with Crippen LogP contribution >= 0.6 is 0 Å². The van der Waals surface area contributed by atoms with Crippen molar-refractivity contribution in [3.05, 3.63) is 76.4 Å². The number of halogens is 1. The van der Waals surface area contributed by atoms with Gasteiger partial charge in [-0.25, -0.2) is 4.39 Å². The van der Waals surface area contributed by atoms with Crippen molar-refractivity contribution < 1.29 is 14.0 Å². The van der Waals surface area contributed by atoms with Gasteiger partial charge in [0, 0.05) is 49.0 Å². The average Bonchev–Trinajstić information content (AvgIpc) is 3.17. The molecule has 2 aromatic carbocycles. The number of fused-ring (bicyclic) bond motifs is 1. The molecule has 160 valence electrons. The molecule has 1 unspecified atom stereocenters. The van der Waals surface area contributed by atoms with Crippen molar-refractivity contribution in [1.82, 2.24) is 4.98 Å². The van der Waals surface area contributed by atoms with E-state index in [4.69, 9.17) is 0 Å². The summed E-state index contributed by atoms with van der Waals surface area (Å²) < 4.78 is 13.7. The van der Waals surface area contributed by atoms with Crippen LogP contribution in [0.15, 0.2) is 42.5 Å². The Morgan fingerprint density at radius 1 is 1.13 bits per heavy atom. The summed E-state index contributed by atoms with van der Waals surface area (Å²) >= 11 is 0. The van der Waals surface area contributed by atoms with E-state index in [1.54, 1.807) is 6.07 Å². The van der Waals surface area contributed by atoms with Gasteiger partial charge in [-0.2, -0.15) is 0 Å². The van der Waals surface area contributed by atoms with E-state index in [0.717, 1.165) is 22.6 Å². The zero-order valence-electron chi connectivity index (χ0n) is 18.0. The number of hydrogen-bond donors (Lipinski definition) is 3. The molecule has 1 atom stereocenters. The number of aryl methyl sites for hydroxylation is 1. The van der Waals surface area contributed by atoms with Crippen LogP contribution in [-0.4, -0.2) is 30.9 Å². The van der Waals surface area contributed by atoms with Crippen LogP contribution in [0.5, 0.6) is 0 Å². The van der Waals surface area contributed by atoms with Gasteiger partial charge in [0.2, 0.25) is 5.91 Å². The highest BCUT2D eigenvalue weighted by molar-refractivity contribution is 6.07. The van der Waals surface area contributed by atoms with Crippen molar-refractivity contribution >= 4 is 28.9 Å². The number of nitrogens with one attached hydrogen (secondary N) is 3. The zero-order valence-corrected chi connectivity index (χ0v) is 18.0. The molecule has 2 heterocycles. The predicted octanol–water partition coefficient (Wildman–Crippen LogP) is 4.37. The van der Waals surface area contributed by atoms with Gasteiger partial charge in [-0.1, -0.05) is 0 Å². The Labute approximate surface area is 180 Å². The van der Waals surface area contributed by atoms with Gasteiger partial charge in [-0.05, 0) is 67.4 Å². The average molecular weight is 420 g/mol. The number of carbonyl (C=O) groups is 2. The normalized spacial score (nSPS) is 14.9. The molecule has 1 aliphatic rings. The molecule has 1 aromatic heterocycles. The van der Waals surface area contributed by atoms with Crippen molar-refractivity contribution in [2.45, 2.75) is 26.2 Å². The van der Waals surface area contributed by atoms with Gasteiger partial charge in [0.05, 0.1) is 11.5 Å². The number of aromatic amines is 1. The van der Waals surface area contributed by atoms with Crippen LogP contribution in [0.3, 0.4) is 0 Å². The van der Waals surface area contributed by atoms with Gasteiger partial charge in [-0.3, -0.25) is 9.59 Å². The van der Waals surface area contributed by atoms with Crippen molar-refractivity contribution in [1.29, 1.82) is 0 Å². The summed E-state index contributed by atoms with van der Waals surface area (Å²) in [5.41, 5.74) is 5.90. The van der Waals surface area contributed by atoms with Crippen molar-refractivity contribution in [2.24, 2.45) is 0 Å². The first kappa shape index (κ1) is 20.7. The van der Waals surface area contributed by atoms with Crippen LogP contribution in [0.25, 0.3) is 0 Å². The number of nitrogens with zero attached hydrogens (tertiary/aromatic N) is 1. The lowest BCUT2D eigenvalue weighted by Gasteiger charge is -2.13. The van der Waals surface area contributed by atoms with Gasteiger partial charge < -0.3 is 20.5 Å². The highest BCUT2D eigenvalue weighted by atomic mass is 19.1. The Hall–Kier alpha value is -3.61. The number of aromatic nitrogens is 1. The smallest absolute Gasteiger partial charge is 0.257 e. The number of benzene rings is 2. The Bertz CT molecular complexity index is 1170. The summed E-state index contributed by atoms with van der Waals surface area (Å²) in [5.74, 6) is -1.26. The van der Waals surface area contributed by atoms with E-state index in [2.05, 4.69) is 15.6 Å². The summed E-state index contributed by atoms with van der Waals surface area (Å²) in [6.07, 6.45) is 0.361. The van der Waals surface area contributed by atoms with E-state index in [9.17, 15) is 14.0 Å². The summed E-state index contributed by atoms with van der Waals surface area (Å²) in [6.45, 7) is 3.70. The second-order valence-electron chi connectivity index (χ2n) is 8.10. The largest absolute Gasteiger partial charge is 0.378 e. The molecule has 0 saturated heterocycles. The fraction of sp³-hybridized carbons (Fsp3) is 0.250. The molecule has 3 N–H and O–H groups in total. The number of amides is 2. The van der Waals surface area contributed by atoms with Crippen LogP contribution < -0.4 is 15.5 Å². The number of carbonyl (C=O) groups excluding carboxylic acids is 2. The zero-order chi connectivity index (χ0) is 22.3. The number of anilines is 3. The van der Waals surface area contributed by atoms with Crippen LogP contribution in [0.1, 0.15) is 38.8 Å². The van der Waals surface area contributed by atoms with Gasteiger partial charge >= 0.3 is 0 Å². The molecule has 4 rings (SSSR count). The highest BCUT2D eigenvalue weighted by Gasteiger charge is 2.32. The topological polar surface area (TPSA) is 77.2 Å². The second kappa shape index (κ2) is 7.91. The first-order valence-corrected chi connectivity index (χ1v) is 10.1. The van der Waals surface area contributed by atoms with E-state index in [1.165, 1.54) is 12.1 Å². The second-order valence-corrected chi connectivity index (χ2v) is 8.10. The molecule has 0 fully saturated rings. The third kappa shape index (κ3) is 3.91. The van der Waals surface area contributed by atoms with E-state index >= 15 is 0 Å². The molecule has 3 aromatic rings. The summed E-state index contributed by atoms with van der Waals surface area (Å²) in [4.78, 5) is 30.7. The lowest BCUT2D eigenvalue weighted by molar-refractivity contribution is -0.117. The van der Waals surface area contributed by atoms with E-state index < -0.39 is 5.92 Å². The maximum atomic E-state index is 13.7. The van der Waals surface area contributed by atoms with E-state index in [1.807, 2.05) is 57.1 Å². The monoisotopic (exact) mass is 420 g/mol. The molecule has 0 aliphatic carbocycles. The highest BCUT2D eigenvalue weighted by Crippen LogP contribution is 2.36. The molecule has 0 spiro atoms. The van der Waals surface area contributed by atoms with Gasteiger partial charge in [0.25, 0.3) is 5.91 Å². The Kier molecular flexibility index (Phi) is 5.27. The minimum atomic E-state index is -0.503. The molecule has 1 aliphatic heterocycles. The lowest BCUT2D eigenvalue weighted by Crippen LogP contribution is -2.16. The third-order valence-corrected chi connectivity index (χ3v) is 5.78. The Morgan fingerprint density at radius 2 is 1.84 bits per heavy atom. The molecule has 6 nitrogen and oxygen atoms in total. The van der Waals surface area contributed by atoms with Crippen LogP contribution in [-0.2, 0) is 11.2 Å². The van der Waals surface area contributed by atoms with Crippen molar-refractivity contribution in [3.63, 3.8) is 0 Å². The van der Waals surface area contributed by atoms with Crippen molar-refractivity contribution in [3.8, 4) is 0 Å². The van der Waals surface area contributed by atoms with Crippen LogP contribution in [0.4, 0.5) is 21.5 Å². The molecule has 2 amide bonds. The fourth-order valence-electron chi connectivity index (χ4n) is 4.10. The lowest BCUT2D eigenvalue weighted by atomic mass is 9.94. The summed E-state index contributed by atoms with van der Waals surface area (Å²) in [5, 5.41) is 5.74. The van der Waals surface area contributed by atoms with E-state index in [-0.39, 0.29) is 17.6 Å². The van der Waals surface area contributed by atoms with Gasteiger partial charge in [0.15, 0.2) is 0 Å². The number of hydrogen-bond acceptors (Lipinski definition) is 3. The quantitative estimate of drug-likeness (QED) is 0.574. The van der Waals surface area contributed by atoms with Crippen LogP contribution in [0.2, 0.25) is 0 Å². The summed E-state index contributed by atoms with van der Waals surface area (Å²) in [7, 11) is 3.91. The minimum Gasteiger partial charge on any atom is -0.378 e. The Morgan fingerprint density at radius 3 is 2.52 bits per heavy atom. The number of rotatable bonds is 5. The maximum Gasteiger partial charge on any atom is 0.257 e. The van der Waals surface area contributed by atoms with Crippen LogP contribution in [0, 0.1) is 19.7 Å². The molecule has 31 heavy (non-hydrogen) atoms. The summed E-state index contributed by atoms with van der Waals surface area (Å²) in [6, 6.07) is 11.9. The van der Waals surface area contributed by atoms with Crippen molar-refractivity contribution in [2.75, 3.05) is 29.6 Å². The molecule has 0 saturated carbocycles. The third-order valence-electron chi connectivity index (χ3n) is 5.78. The number of H-pyrrole nitrogens is 1. The molecule has 0 bridgehead atoms. The molecular weight excluding hydrogens is 395 g/mol. The first-order chi connectivity index (χ1) is 14.7. The minimum absolute atomic E-state index is 0.167. The fourth-order valence-corrected chi connectivity index (χ4v) is 4.10. The molecular formula is C24H25FN4O2. The van der Waals surface area contributed by atoms with E-state index in [0.29, 0.717) is 28.9 Å². The first-order valence-electron chi connectivity index (χ1n) is 10.1. The maximum absolute atomic E-state index is 13.7. The molecule has 7 heteroatoms. The van der Waals surface area contributed by atoms with Gasteiger partial charge in [0.1, 0.15) is 5.82 Å². The SMILES string of the molecule is Cc1[nH]c(CC2C(=O)Nc3ccc(F)cc32)c(C)c1C(=O)Nc1ccc(N(C)C)cc1. The predicted molar refractivity (Wildman–Crippen MR) is 120 cm³/mol. The molecule has 0 radical (unpaired) electrons. The standard InChI is InChI=1S/C24H25FN4O2/c1-13-21(12-19-18-11-15(25)5-10-20(18)28-23(19)30)26-14(2)22(13)24(31)27-16-6-8-17(9-7-16)29(3)4/h5-11,19,26H,12H2,1-4H3,(H,27,31)(H,28,30). The van der Waals surface area contributed by atoms with Gasteiger partial charge in [-0.15, -0.1) is 0 Å². The Balaban J connectivity index is 1.56.